The van der Waals surface area contributed by atoms with Crippen LogP contribution in [0.15, 0.2) is 85.6 Å². The molecule has 10 heteroatoms. The molecule has 6 rings (SSSR count). The zero-order valence-electron chi connectivity index (χ0n) is 27.1. The van der Waals surface area contributed by atoms with Crippen LogP contribution in [0, 0.1) is 6.92 Å². The number of aromatic nitrogens is 2. The quantitative estimate of drug-likeness (QED) is 0.135. The van der Waals surface area contributed by atoms with Crippen molar-refractivity contribution in [2.45, 2.75) is 25.7 Å². The summed E-state index contributed by atoms with van der Waals surface area (Å²) in [4.78, 5) is 24.3. The summed E-state index contributed by atoms with van der Waals surface area (Å²) in [6.45, 7) is 8.72. The number of hydrogen-bond donors (Lipinski definition) is 2. The van der Waals surface area contributed by atoms with E-state index in [2.05, 4.69) is 63.5 Å². The van der Waals surface area contributed by atoms with E-state index in [-0.39, 0.29) is 5.91 Å². The van der Waals surface area contributed by atoms with Gasteiger partial charge in [-0.25, -0.2) is 9.97 Å². The van der Waals surface area contributed by atoms with Gasteiger partial charge in [-0.1, -0.05) is 72.2 Å². The number of anilines is 3. The highest BCUT2D eigenvalue weighted by molar-refractivity contribution is 6.41. The smallest absolute Gasteiger partial charge is 0.247 e. The van der Waals surface area contributed by atoms with E-state index in [0.717, 1.165) is 60.2 Å². The standard InChI is InChI=1S/C38H37Cl2N5O3/c1-5-33(46)42-30-18-24(13-15-45-16-14-27(22-45)25-9-7-6-8-10-25)17-23(2)37(30)44-38-41-21-28-19-26(11-12-29(28)43-38)34-35(39)31(47-3)20-32(48-4)36(34)40/h5-12,17-21,27H,1,13-16,22H2,2-4H3,(H,42,46)(H,41,43,44). The molecule has 2 heterocycles. The molecule has 0 aliphatic carbocycles. The van der Waals surface area contributed by atoms with Crippen LogP contribution in [-0.2, 0) is 11.2 Å². The summed E-state index contributed by atoms with van der Waals surface area (Å²) >= 11 is 13.3. The van der Waals surface area contributed by atoms with Crippen molar-refractivity contribution in [3.63, 3.8) is 0 Å². The van der Waals surface area contributed by atoms with E-state index in [1.165, 1.54) is 11.6 Å². The summed E-state index contributed by atoms with van der Waals surface area (Å²) in [6, 6.07) is 22.3. The first kappa shape index (κ1) is 33.3. The fraction of sp³-hybridized carbons (Fsp3) is 0.237. The number of rotatable bonds is 11. The maximum atomic E-state index is 12.5. The molecule has 1 atom stereocenters. The second kappa shape index (κ2) is 14.6. The van der Waals surface area contributed by atoms with Crippen LogP contribution < -0.4 is 20.1 Å². The minimum Gasteiger partial charge on any atom is -0.495 e. The van der Waals surface area contributed by atoms with Crippen LogP contribution in [0.2, 0.25) is 10.0 Å². The summed E-state index contributed by atoms with van der Waals surface area (Å²) in [7, 11) is 3.08. The number of carbonyl (C=O) groups is 1. The molecule has 1 aliphatic heterocycles. The summed E-state index contributed by atoms with van der Waals surface area (Å²) in [5, 5.41) is 7.87. The summed E-state index contributed by atoms with van der Waals surface area (Å²) in [6.07, 6.45) is 5.02. The topological polar surface area (TPSA) is 88.6 Å². The Bertz CT molecular complexity index is 1960. The predicted octanol–water partition coefficient (Wildman–Crippen LogP) is 8.83. The van der Waals surface area contributed by atoms with Crippen LogP contribution in [0.1, 0.15) is 29.0 Å². The summed E-state index contributed by atoms with van der Waals surface area (Å²) in [5.74, 6) is 1.58. The monoisotopic (exact) mass is 681 g/mol. The van der Waals surface area contributed by atoms with Crippen molar-refractivity contribution >= 4 is 57.3 Å². The van der Waals surface area contributed by atoms with E-state index < -0.39 is 0 Å². The van der Waals surface area contributed by atoms with Gasteiger partial charge < -0.3 is 25.0 Å². The Morgan fingerprint density at radius 2 is 1.79 bits per heavy atom. The molecule has 1 saturated heterocycles. The lowest BCUT2D eigenvalue weighted by atomic mass is 9.99. The normalized spacial score (nSPS) is 14.6. The average Bonchev–Trinajstić information content (AvgIpc) is 3.58. The molecule has 5 aromatic rings. The van der Waals surface area contributed by atoms with Crippen molar-refractivity contribution in [1.82, 2.24) is 14.9 Å². The van der Waals surface area contributed by atoms with Gasteiger partial charge in [0.1, 0.15) is 11.5 Å². The van der Waals surface area contributed by atoms with Gasteiger partial charge in [-0.2, -0.15) is 0 Å². The van der Waals surface area contributed by atoms with Crippen molar-refractivity contribution in [3.8, 4) is 22.6 Å². The summed E-state index contributed by atoms with van der Waals surface area (Å²) in [5.41, 5.74) is 6.95. The van der Waals surface area contributed by atoms with Crippen LogP contribution in [0.25, 0.3) is 22.0 Å². The number of benzene rings is 4. The van der Waals surface area contributed by atoms with Crippen molar-refractivity contribution < 1.29 is 14.3 Å². The number of nitrogens with one attached hydrogen (secondary N) is 2. The highest BCUT2D eigenvalue weighted by Gasteiger charge is 2.24. The Morgan fingerprint density at radius 3 is 2.50 bits per heavy atom. The van der Waals surface area contributed by atoms with E-state index in [1.807, 2.05) is 31.2 Å². The molecule has 0 spiro atoms. The first-order chi connectivity index (χ1) is 23.3. The third kappa shape index (κ3) is 7.11. The fourth-order valence-corrected chi connectivity index (χ4v) is 6.99. The Hall–Kier alpha value is -4.63. The van der Waals surface area contributed by atoms with Crippen molar-refractivity contribution in [1.29, 1.82) is 0 Å². The van der Waals surface area contributed by atoms with Gasteiger partial charge in [-0.05, 0) is 78.8 Å². The van der Waals surface area contributed by atoms with E-state index in [1.54, 1.807) is 26.5 Å². The highest BCUT2D eigenvalue weighted by Crippen LogP contribution is 2.46. The highest BCUT2D eigenvalue weighted by atomic mass is 35.5. The van der Waals surface area contributed by atoms with Gasteiger partial charge in [0.05, 0.1) is 41.2 Å². The molecule has 0 saturated carbocycles. The second-order valence-electron chi connectivity index (χ2n) is 11.9. The van der Waals surface area contributed by atoms with Crippen LogP contribution in [0.4, 0.5) is 17.3 Å². The SMILES string of the molecule is C=CC(=O)Nc1cc(CCN2CCC(c3ccccc3)C2)cc(C)c1Nc1ncc2cc(-c3c(Cl)c(OC)cc(OC)c3Cl)ccc2n1. The molecular weight excluding hydrogens is 645 g/mol. The molecule has 246 valence electrons. The lowest BCUT2D eigenvalue weighted by Crippen LogP contribution is -2.23. The van der Waals surface area contributed by atoms with Crippen LogP contribution in [-0.4, -0.2) is 54.6 Å². The molecule has 48 heavy (non-hydrogen) atoms. The van der Waals surface area contributed by atoms with Crippen LogP contribution >= 0.6 is 23.2 Å². The van der Waals surface area contributed by atoms with Crippen molar-refractivity contribution in [2.24, 2.45) is 0 Å². The first-order valence-corrected chi connectivity index (χ1v) is 16.5. The number of methoxy groups -OCH3 is 2. The Balaban J connectivity index is 1.23. The Kier molecular flexibility index (Phi) is 10.2. The number of halogens is 2. The third-order valence-electron chi connectivity index (χ3n) is 8.78. The zero-order valence-corrected chi connectivity index (χ0v) is 28.7. The minimum atomic E-state index is -0.293. The number of carbonyl (C=O) groups excluding carboxylic acids is 1. The fourth-order valence-electron chi connectivity index (χ4n) is 6.27. The number of aryl methyl sites for hydroxylation is 1. The largest absolute Gasteiger partial charge is 0.495 e. The number of nitrogens with zero attached hydrogens (tertiary/aromatic N) is 3. The van der Waals surface area contributed by atoms with Gasteiger partial charge in [-0.3, -0.25) is 4.79 Å². The molecular formula is C38H37Cl2N5O3. The molecule has 8 nitrogen and oxygen atoms in total. The molecule has 1 fully saturated rings. The lowest BCUT2D eigenvalue weighted by molar-refractivity contribution is -0.111. The van der Waals surface area contributed by atoms with E-state index in [4.69, 9.17) is 37.7 Å². The number of amides is 1. The molecule has 1 unspecified atom stereocenters. The van der Waals surface area contributed by atoms with Gasteiger partial charge in [-0.15, -0.1) is 0 Å². The molecule has 1 aliphatic rings. The zero-order chi connectivity index (χ0) is 33.8. The van der Waals surface area contributed by atoms with E-state index in [0.29, 0.717) is 50.2 Å². The minimum absolute atomic E-state index is 0.293. The molecule has 4 aromatic carbocycles. The first-order valence-electron chi connectivity index (χ1n) is 15.8. The van der Waals surface area contributed by atoms with E-state index in [9.17, 15) is 4.79 Å². The lowest BCUT2D eigenvalue weighted by Gasteiger charge is -2.19. The van der Waals surface area contributed by atoms with Gasteiger partial charge in [0.15, 0.2) is 0 Å². The summed E-state index contributed by atoms with van der Waals surface area (Å²) < 4.78 is 10.9. The maximum Gasteiger partial charge on any atom is 0.247 e. The number of likely N-dealkylation sites (tertiary alicyclic amines) is 1. The third-order valence-corrected chi connectivity index (χ3v) is 9.53. The van der Waals surface area contributed by atoms with E-state index >= 15 is 0 Å². The molecule has 1 amide bonds. The molecule has 2 N–H and O–H groups in total. The number of fused-ring (bicyclic) bond motifs is 1. The van der Waals surface area contributed by atoms with Gasteiger partial charge in [0, 0.05) is 36.3 Å². The predicted molar refractivity (Wildman–Crippen MR) is 195 cm³/mol. The Morgan fingerprint density at radius 1 is 1.04 bits per heavy atom. The van der Waals surface area contributed by atoms with Gasteiger partial charge >= 0.3 is 0 Å². The molecule has 1 aromatic heterocycles. The Labute approximate surface area is 290 Å². The van der Waals surface area contributed by atoms with Gasteiger partial charge in [0.2, 0.25) is 11.9 Å². The van der Waals surface area contributed by atoms with Crippen LogP contribution in [0.3, 0.4) is 0 Å². The molecule has 0 bridgehead atoms. The van der Waals surface area contributed by atoms with Crippen molar-refractivity contribution in [3.05, 3.63) is 112 Å². The average molecular weight is 683 g/mol. The maximum absolute atomic E-state index is 12.5. The number of hydrogen-bond acceptors (Lipinski definition) is 7. The van der Waals surface area contributed by atoms with Crippen LogP contribution in [0.5, 0.6) is 11.5 Å². The van der Waals surface area contributed by atoms with Gasteiger partial charge in [0.25, 0.3) is 0 Å². The van der Waals surface area contributed by atoms with Crippen molar-refractivity contribution in [2.75, 3.05) is 44.5 Å². The molecule has 0 radical (unpaired) electrons. The second-order valence-corrected chi connectivity index (χ2v) is 12.6. The number of ether oxygens (including phenoxy) is 2.